The lowest BCUT2D eigenvalue weighted by Gasteiger charge is -2.20. The first-order valence-corrected chi connectivity index (χ1v) is 6.35. The van der Waals surface area contributed by atoms with Gasteiger partial charge in [-0.05, 0) is 27.1 Å². The van der Waals surface area contributed by atoms with Crippen LogP contribution in [0.4, 0.5) is 0 Å². The van der Waals surface area contributed by atoms with Gasteiger partial charge in [-0.15, -0.1) is 0 Å². The van der Waals surface area contributed by atoms with Gasteiger partial charge in [-0.25, -0.2) is 0 Å². The Labute approximate surface area is 108 Å². The number of rotatable bonds is 5. The zero-order valence-corrected chi connectivity index (χ0v) is 11.3. The molecule has 0 aliphatic carbocycles. The van der Waals surface area contributed by atoms with E-state index < -0.39 is 0 Å². The first kappa shape index (κ1) is 13.1. The second-order valence-electron chi connectivity index (χ2n) is 4.93. The number of aliphatic hydroxyl groups is 1. The monoisotopic (exact) mass is 247 g/mol. The normalized spacial score (nSPS) is 13.4. The fourth-order valence-electron chi connectivity index (χ4n) is 2.09. The van der Waals surface area contributed by atoms with Crippen LogP contribution < -0.4 is 0 Å². The Hall–Kier alpha value is -1.39. The van der Waals surface area contributed by atoms with Crippen LogP contribution in [-0.4, -0.2) is 46.5 Å². The Bertz CT molecular complexity index is 519. The molecule has 0 saturated carbocycles. The van der Waals surface area contributed by atoms with Gasteiger partial charge in [0.15, 0.2) is 0 Å². The van der Waals surface area contributed by atoms with Gasteiger partial charge in [-0.2, -0.15) is 5.10 Å². The first-order valence-electron chi connectivity index (χ1n) is 6.35. The fourth-order valence-corrected chi connectivity index (χ4v) is 2.09. The van der Waals surface area contributed by atoms with Gasteiger partial charge in [0.25, 0.3) is 0 Å². The predicted molar refractivity (Wildman–Crippen MR) is 73.7 cm³/mol. The summed E-state index contributed by atoms with van der Waals surface area (Å²) < 4.78 is 1.94. The van der Waals surface area contributed by atoms with Crippen molar-refractivity contribution in [2.75, 3.05) is 20.7 Å². The maximum Gasteiger partial charge on any atom is 0.0926 e. The van der Waals surface area contributed by atoms with Gasteiger partial charge in [0.2, 0.25) is 0 Å². The number of aromatic nitrogens is 2. The van der Waals surface area contributed by atoms with Crippen LogP contribution >= 0.6 is 0 Å². The largest absolute Gasteiger partial charge is 0.394 e. The molecule has 1 aromatic carbocycles. The summed E-state index contributed by atoms with van der Waals surface area (Å²) in [6, 6.07) is 8.61. The molecule has 1 unspecified atom stereocenters. The maximum absolute atomic E-state index is 9.14. The Kier molecular flexibility index (Phi) is 3.99. The molecular formula is C14H21N3O. The second-order valence-corrected chi connectivity index (χ2v) is 4.93. The number of likely N-dealkylation sites (N-methyl/N-ethyl adjacent to an activating group) is 1. The summed E-state index contributed by atoms with van der Waals surface area (Å²) in [4.78, 5) is 2.20. The molecule has 0 aliphatic rings. The van der Waals surface area contributed by atoms with Gasteiger partial charge in [0.05, 0.1) is 18.7 Å². The topological polar surface area (TPSA) is 41.3 Å². The van der Waals surface area contributed by atoms with Crippen molar-refractivity contribution in [2.45, 2.75) is 25.9 Å². The standard InChI is InChI=1S/C14H21N3O/c1-11(16(2)3)10-14-12-6-4-5-7-13(12)15-17(14)8-9-18/h4-7,11,18H,8-10H2,1-3H3. The molecule has 4 heteroatoms. The maximum atomic E-state index is 9.14. The highest BCUT2D eigenvalue weighted by molar-refractivity contribution is 5.81. The van der Waals surface area contributed by atoms with Crippen molar-refractivity contribution in [2.24, 2.45) is 0 Å². The minimum absolute atomic E-state index is 0.122. The number of nitrogens with zero attached hydrogens (tertiary/aromatic N) is 3. The Morgan fingerprint density at radius 1 is 1.33 bits per heavy atom. The van der Waals surface area contributed by atoms with E-state index in [2.05, 4.69) is 37.1 Å². The summed E-state index contributed by atoms with van der Waals surface area (Å²) in [6.45, 7) is 2.88. The van der Waals surface area contributed by atoms with Crippen molar-refractivity contribution < 1.29 is 5.11 Å². The molecule has 1 atom stereocenters. The predicted octanol–water partition coefficient (Wildman–Crippen LogP) is 1.52. The number of benzene rings is 1. The molecule has 0 aliphatic heterocycles. The molecule has 1 N–H and O–H groups in total. The van der Waals surface area contributed by atoms with E-state index in [9.17, 15) is 0 Å². The van der Waals surface area contributed by atoms with Gasteiger partial charge in [-0.1, -0.05) is 18.2 Å². The van der Waals surface area contributed by atoms with Crippen molar-refractivity contribution >= 4 is 10.9 Å². The van der Waals surface area contributed by atoms with Gasteiger partial charge < -0.3 is 10.0 Å². The van der Waals surface area contributed by atoms with E-state index in [1.165, 1.54) is 11.1 Å². The molecule has 98 valence electrons. The van der Waals surface area contributed by atoms with E-state index >= 15 is 0 Å². The van der Waals surface area contributed by atoms with Crippen molar-refractivity contribution in [1.82, 2.24) is 14.7 Å². The Morgan fingerprint density at radius 2 is 2.06 bits per heavy atom. The zero-order chi connectivity index (χ0) is 13.1. The third-order valence-electron chi connectivity index (χ3n) is 3.44. The Morgan fingerprint density at radius 3 is 2.72 bits per heavy atom. The fraction of sp³-hybridized carbons (Fsp3) is 0.500. The molecule has 0 spiro atoms. The lowest BCUT2D eigenvalue weighted by Crippen LogP contribution is -2.28. The quantitative estimate of drug-likeness (QED) is 0.871. The van der Waals surface area contributed by atoms with E-state index in [0.717, 1.165) is 11.9 Å². The molecule has 18 heavy (non-hydrogen) atoms. The summed E-state index contributed by atoms with van der Waals surface area (Å²) in [5.74, 6) is 0. The van der Waals surface area contributed by atoms with E-state index in [1.807, 2.05) is 22.9 Å². The molecule has 0 amide bonds. The first-order chi connectivity index (χ1) is 8.63. The lowest BCUT2D eigenvalue weighted by molar-refractivity contribution is 0.263. The third kappa shape index (κ3) is 2.54. The molecule has 0 fully saturated rings. The van der Waals surface area contributed by atoms with Crippen molar-refractivity contribution in [3.05, 3.63) is 30.0 Å². The van der Waals surface area contributed by atoms with E-state index in [1.54, 1.807) is 0 Å². The SMILES string of the molecule is CC(Cc1c2ccccc2nn1CCO)N(C)C. The minimum Gasteiger partial charge on any atom is -0.394 e. The summed E-state index contributed by atoms with van der Waals surface area (Å²) in [5, 5.41) is 14.9. The van der Waals surface area contributed by atoms with Crippen LogP contribution in [0.25, 0.3) is 10.9 Å². The van der Waals surface area contributed by atoms with E-state index in [4.69, 9.17) is 5.11 Å². The van der Waals surface area contributed by atoms with Crippen LogP contribution in [0.3, 0.4) is 0 Å². The molecular weight excluding hydrogens is 226 g/mol. The van der Waals surface area contributed by atoms with Gasteiger partial charge >= 0.3 is 0 Å². The smallest absolute Gasteiger partial charge is 0.0926 e. The molecule has 2 aromatic rings. The van der Waals surface area contributed by atoms with Crippen LogP contribution in [0, 0.1) is 0 Å². The number of aliphatic hydroxyl groups excluding tert-OH is 1. The van der Waals surface area contributed by atoms with Crippen molar-refractivity contribution in [3.8, 4) is 0 Å². The van der Waals surface area contributed by atoms with Crippen LogP contribution in [0.15, 0.2) is 24.3 Å². The summed E-state index contributed by atoms with van der Waals surface area (Å²) in [7, 11) is 4.17. The number of hydrogen-bond acceptors (Lipinski definition) is 3. The van der Waals surface area contributed by atoms with Crippen LogP contribution in [0.2, 0.25) is 0 Å². The minimum atomic E-state index is 0.122. The zero-order valence-electron chi connectivity index (χ0n) is 11.3. The van der Waals surface area contributed by atoms with Gasteiger partial charge in [0, 0.05) is 23.5 Å². The van der Waals surface area contributed by atoms with Crippen molar-refractivity contribution in [1.29, 1.82) is 0 Å². The Balaban J connectivity index is 2.41. The van der Waals surface area contributed by atoms with Crippen LogP contribution in [-0.2, 0) is 13.0 Å². The van der Waals surface area contributed by atoms with Gasteiger partial charge in [-0.3, -0.25) is 4.68 Å². The van der Waals surface area contributed by atoms with Gasteiger partial charge in [0.1, 0.15) is 0 Å². The molecule has 2 rings (SSSR count). The average Bonchev–Trinajstić information content (AvgIpc) is 2.68. The highest BCUT2D eigenvalue weighted by atomic mass is 16.3. The number of hydrogen-bond donors (Lipinski definition) is 1. The van der Waals surface area contributed by atoms with E-state index in [0.29, 0.717) is 12.6 Å². The van der Waals surface area contributed by atoms with Crippen LogP contribution in [0.1, 0.15) is 12.6 Å². The molecule has 0 radical (unpaired) electrons. The highest BCUT2D eigenvalue weighted by Gasteiger charge is 2.14. The molecule has 1 heterocycles. The summed E-state index contributed by atoms with van der Waals surface area (Å²) >= 11 is 0. The summed E-state index contributed by atoms with van der Waals surface area (Å²) in [5.41, 5.74) is 2.22. The third-order valence-corrected chi connectivity index (χ3v) is 3.44. The van der Waals surface area contributed by atoms with E-state index in [-0.39, 0.29) is 6.61 Å². The molecule has 1 aromatic heterocycles. The lowest BCUT2D eigenvalue weighted by atomic mass is 10.1. The second kappa shape index (κ2) is 5.50. The average molecular weight is 247 g/mol. The van der Waals surface area contributed by atoms with Crippen molar-refractivity contribution in [3.63, 3.8) is 0 Å². The molecule has 0 saturated heterocycles. The summed E-state index contributed by atoms with van der Waals surface area (Å²) in [6.07, 6.45) is 0.938. The molecule has 4 nitrogen and oxygen atoms in total. The van der Waals surface area contributed by atoms with Crippen LogP contribution in [0.5, 0.6) is 0 Å². The highest BCUT2D eigenvalue weighted by Crippen LogP contribution is 2.20. The number of fused-ring (bicyclic) bond motifs is 1. The molecule has 0 bridgehead atoms.